The number of carbonyl (C=O) groups is 1. The zero-order valence-corrected chi connectivity index (χ0v) is 25.4. The average molecular weight is 630 g/mol. The van der Waals surface area contributed by atoms with E-state index in [1.165, 1.54) is 16.0 Å². The standard InChI is InChI=1S/C34H34F3N7O2/c1-19(35)32(45)44-11-10-42(17-23(44)6-8-38)31-26-15-39-29(25-5-2-4-24-20-12-21(13-20)27(24)25)28(37)30(26)40-33(41-31)46-18-34-7-3-9-43(34)16-22(36)14-34/h2,4-5,15,20-23H,1,3,6-7,9-14,16-18H2/t20?,21?,22-,23+,34+/m1/s1. The van der Waals surface area contributed by atoms with Crippen molar-refractivity contribution in [3.05, 3.63) is 53.7 Å². The van der Waals surface area contributed by atoms with Gasteiger partial charge in [-0.05, 0) is 55.2 Å². The number of pyridine rings is 1. The Balaban J connectivity index is 1.20. The summed E-state index contributed by atoms with van der Waals surface area (Å²) >= 11 is 0. The Morgan fingerprint density at radius 2 is 2.02 bits per heavy atom. The first-order valence-corrected chi connectivity index (χ1v) is 16.0. The van der Waals surface area contributed by atoms with E-state index in [-0.39, 0.29) is 49.9 Å². The van der Waals surface area contributed by atoms with Crippen molar-refractivity contribution < 1.29 is 22.7 Å². The lowest BCUT2D eigenvalue weighted by molar-refractivity contribution is -0.131. The summed E-state index contributed by atoms with van der Waals surface area (Å²) < 4.78 is 51.3. The second-order valence-corrected chi connectivity index (χ2v) is 13.4. The van der Waals surface area contributed by atoms with Gasteiger partial charge in [0, 0.05) is 44.4 Å². The summed E-state index contributed by atoms with van der Waals surface area (Å²) in [6, 6.07) is 7.40. The van der Waals surface area contributed by atoms with Gasteiger partial charge in [0.15, 0.2) is 11.6 Å². The highest BCUT2D eigenvalue weighted by Crippen LogP contribution is 2.59. The number of piperazine rings is 1. The van der Waals surface area contributed by atoms with Gasteiger partial charge in [0.2, 0.25) is 0 Å². The Bertz CT molecular complexity index is 1810. The Labute approximate surface area is 264 Å². The number of carbonyl (C=O) groups excluding carboxylic acids is 1. The van der Waals surface area contributed by atoms with Gasteiger partial charge in [-0.2, -0.15) is 15.2 Å². The van der Waals surface area contributed by atoms with Crippen LogP contribution >= 0.6 is 0 Å². The smallest absolute Gasteiger partial charge is 0.319 e. The summed E-state index contributed by atoms with van der Waals surface area (Å²) in [6.45, 7) is 4.98. The Kier molecular flexibility index (Phi) is 6.94. The third-order valence-corrected chi connectivity index (χ3v) is 10.9. The van der Waals surface area contributed by atoms with Gasteiger partial charge in [0.25, 0.3) is 5.91 Å². The van der Waals surface area contributed by atoms with Crippen LogP contribution in [-0.4, -0.2) is 87.7 Å². The minimum absolute atomic E-state index is 0.0323. The van der Waals surface area contributed by atoms with Crippen LogP contribution in [0.25, 0.3) is 22.2 Å². The van der Waals surface area contributed by atoms with E-state index in [2.05, 4.69) is 33.6 Å². The van der Waals surface area contributed by atoms with Crippen molar-refractivity contribution in [2.75, 3.05) is 44.2 Å². The maximum atomic E-state index is 16.7. The minimum Gasteiger partial charge on any atom is -0.461 e. The number of fused-ring (bicyclic) bond motifs is 2. The number of nitrogens with zero attached hydrogens (tertiary/aromatic N) is 7. The molecule has 46 heavy (non-hydrogen) atoms. The molecule has 0 unspecified atom stereocenters. The molecule has 2 bridgehead atoms. The monoisotopic (exact) mass is 629 g/mol. The molecular weight excluding hydrogens is 595 g/mol. The van der Waals surface area contributed by atoms with Crippen molar-refractivity contribution in [1.82, 2.24) is 24.8 Å². The molecule has 3 atom stereocenters. The molecule has 1 saturated carbocycles. The maximum absolute atomic E-state index is 16.7. The summed E-state index contributed by atoms with van der Waals surface area (Å²) in [4.78, 5) is 31.7. The molecule has 3 aromatic rings. The molecule has 0 N–H and O–H groups in total. The van der Waals surface area contributed by atoms with Crippen LogP contribution in [0.4, 0.5) is 19.0 Å². The molecule has 6 aliphatic rings. The van der Waals surface area contributed by atoms with Crippen LogP contribution in [0.2, 0.25) is 0 Å². The van der Waals surface area contributed by atoms with Crippen molar-refractivity contribution in [3.8, 4) is 23.3 Å². The summed E-state index contributed by atoms with van der Waals surface area (Å²) in [6.07, 6.45) is 4.87. The van der Waals surface area contributed by atoms with Crippen LogP contribution in [0.3, 0.4) is 0 Å². The number of anilines is 1. The second-order valence-electron chi connectivity index (χ2n) is 13.4. The van der Waals surface area contributed by atoms with Crippen LogP contribution in [0.5, 0.6) is 6.01 Å². The van der Waals surface area contributed by atoms with E-state index in [0.717, 1.165) is 37.8 Å². The molecule has 5 heterocycles. The number of aromatic nitrogens is 3. The summed E-state index contributed by atoms with van der Waals surface area (Å²) in [7, 11) is 0. The minimum atomic E-state index is -1.09. The topological polar surface area (TPSA) is 98.5 Å². The molecule has 9 rings (SSSR count). The molecule has 0 radical (unpaired) electrons. The van der Waals surface area contributed by atoms with Crippen molar-refractivity contribution >= 4 is 22.6 Å². The molecule has 4 fully saturated rings. The SMILES string of the molecule is C=C(F)C(=O)N1CCN(c2nc(OC[C@@]34CCCN3C[C@H](F)C4)nc3c(F)c(-c4cccc5c4C4CC5C4)ncc23)C[C@@H]1CC#N. The molecule has 1 amide bonds. The first kappa shape index (κ1) is 29.2. The summed E-state index contributed by atoms with van der Waals surface area (Å²) in [5.74, 6) is -1.25. The molecule has 9 nitrogen and oxygen atoms in total. The molecule has 3 aliphatic carbocycles. The largest absolute Gasteiger partial charge is 0.461 e. The van der Waals surface area contributed by atoms with Gasteiger partial charge in [0.05, 0.1) is 29.5 Å². The van der Waals surface area contributed by atoms with Crippen LogP contribution < -0.4 is 9.64 Å². The predicted octanol–water partition coefficient (Wildman–Crippen LogP) is 5.17. The van der Waals surface area contributed by atoms with Crippen molar-refractivity contribution in [2.45, 2.75) is 68.1 Å². The summed E-state index contributed by atoms with van der Waals surface area (Å²) in [5, 5.41) is 9.86. The Morgan fingerprint density at radius 1 is 1.17 bits per heavy atom. The molecular formula is C34H34F3N7O2. The zero-order chi connectivity index (χ0) is 31.7. The quantitative estimate of drug-likeness (QED) is 0.330. The lowest BCUT2D eigenvalue weighted by atomic mass is 9.81. The molecule has 1 aromatic carbocycles. The number of alkyl halides is 1. The van der Waals surface area contributed by atoms with Crippen molar-refractivity contribution in [3.63, 3.8) is 0 Å². The van der Waals surface area contributed by atoms with E-state index in [4.69, 9.17) is 9.72 Å². The highest BCUT2D eigenvalue weighted by atomic mass is 19.1. The van der Waals surface area contributed by atoms with Crippen LogP contribution in [-0.2, 0) is 4.79 Å². The number of halogens is 3. The third kappa shape index (κ3) is 4.54. The molecule has 238 valence electrons. The lowest BCUT2D eigenvalue weighted by Crippen LogP contribution is -2.55. The third-order valence-electron chi connectivity index (χ3n) is 10.9. The fraction of sp³-hybridized carbons (Fsp3) is 0.500. The number of nitriles is 1. The van der Waals surface area contributed by atoms with Gasteiger partial charge in [0.1, 0.15) is 29.8 Å². The van der Waals surface area contributed by atoms with Crippen molar-refractivity contribution in [2.24, 2.45) is 0 Å². The number of hydrogen-bond acceptors (Lipinski definition) is 8. The molecule has 2 aromatic heterocycles. The predicted molar refractivity (Wildman–Crippen MR) is 164 cm³/mol. The van der Waals surface area contributed by atoms with E-state index in [1.807, 2.05) is 17.0 Å². The average Bonchev–Trinajstić information content (AvgIpc) is 3.77. The first-order chi connectivity index (χ1) is 22.3. The van der Waals surface area contributed by atoms with E-state index in [1.54, 1.807) is 6.20 Å². The maximum Gasteiger partial charge on any atom is 0.319 e. The number of ether oxygens (including phenoxy) is 1. The highest BCUT2D eigenvalue weighted by molar-refractivity contribution is 5.93. The van der Waals surface area contributed by atoms with Crippen LogP contribution in [0, 0.1) is 17.1 Å². The van der Waals surface area contributed by atoms with Gasteiger partial charge < -0.3 is 14.5 Å². The highest BCUT2D eigenvalue weighted by Gasteiger charge is 2.49. The van der Waals surface area contributed by atoms with Gasteiger partial charge in [-0.25, -0.2) is 13.2 Å². The van der Waals surface area contributed by atoms with Crippen LogP contribution in [0.15, 0.2) is 36.8 Å². The van der Waals surface area contributed by atoms with Gasteiger partial charge in [-0.15, -0.1) is 0 Å². The van der Waals surface area contributed by atoms with E-state index >= 15 is 4.39 Å². The Hall–Kier alpha value is -4.24. The Morgan fingerprint density at radius 3 is 2.83 bits per heavy atom. The van der Waals surface area contributed by atoms with Crippen molar-refractivity contribution in [1.29, 1.82) is 5.26 Å². The molecule has 0 spiro atoms. The number of benzene rings is 1. The van der Waals surface area contributed by atoms with E-state index < -0.39 is 35.3 Å². The number of amides is 1. The van der Waals surface area contributed by atoms with E-state index in [0.29, 0.717) is 36.0 Å². The van der Waals surface area contributed by atoms with Gasteiger partial charge in [-0.3, -0.25) is 14.7 Å². The molecule has 3 aliphatic heterocycles. The normalized spacial score (nSPS) is 28.1. The van der Waals surface area contributed by atoms with Crippen LogP contribution in [0.1, 0.15) is 61.5 Å². The van der Waals surface area contributed by atoms with E-state index in [9.17, 15) is 18.8 Å². The molecule has 12 heteroatoms. The lowest BCUT2D eigenvalue weighted by Gasteiger charge is -2.41. The zero-order valence-electron chi connectivity index (χ0n) is 25.4. The number of hydrogen-bond donors (Lipinski definition) is 0. The van der Waals surface area contributed by atoms with Gasteiger partial charge in [-0.1, -0.05) is 24.8 Å². The summed E-state index contributed by atoms with van der Waals surface area (Å²) in [5.41, 5.74) is 3.04. The fourth-order valence-corrected chi connectivity index (χ4v) is 8.62. The first-order valence-electron chi connectivity index (χ1n) is 16.0. The number of rotatable bonds is 7. The fourth-order valence-electron chi connectivity index (χ4n) is 8.62. The van der Waals surface area contributed by atoms with Gasteiger partial charge >= 0.3 is 6.01 Å². The molecule has 3 saturated heterocycles. The second kappa shape index (κ2) is 10.9.